The zero-order chi connectivity index (χ0) is 14.7. The first kappa shape index (κ1) is 14.1. The standard InChI is InChI=1S/C13H18N4O3/c1-14-10-5-11(7-12(6-10)17(19)20)16(2)8-13(18)15-9-3-4-9/h5-7,9,14H,3-4,8H2,1-2H3,(H,15,18). The molecule has 0 saturated heterocycles. The molecule has 0 radical (unpaired) electrons. The summed E-state index contributed by atoms with van der Waals surface area (Å²) in [6.07, 6.45) is 2.08. The second kappa shape index (κ2) is 5.77. The molecule has 0 spiro atoms. The van der Waals surface area contributed by atoms with Crippen molar-refractivity contribution >= 4 is 23.0 Å². The molecule has 7 heteroatoms. The van der Waals surface area contributed by atoms with E-state index < -0.39 is 4.92 Å². The Labute approximate surface area is 117 Å². The summed E-state index contributed by atoms with van der Waals surface area (Å²) in [5, 5.41) is 16.7. The summed E-state index contributed by atoms with van der Waals surface area (Å²) < 4.78 is 0. The fraction of sp³-hybridized carbons (Fsp3) is 0.462. The Kier molecular flexibility index (Phi) is 4.07. The van der Waals surface area contributed by atoms with Gasteiger partial charge in [0.15, 0.2) is 0 Å². The van der Waals surface area contributed by atoms with Crippen LogP contribution >= 0.6 is 0 Å². The number of non-ortho nitro benzene ring substituents is 1. The fourth-order valence-electron chi connectivity index (χ4n) is 1.87. The predicted octanol–water partition coefficient (Wildman–Crippen LogP) is 1.35. The van der Waals surface area contributed by atoms with Crippen molar-refractivity contribution in [1.29, 1.82) is 0 Å². The van der Waals surface area contributed by atoms with Crippen LogP contribution in [0.5, 0.6) is 0 Å². The zero-order valence-corrected chi connectivity index (χ0v) is 11.5. The lowest BCUT2D eigenvalue weighted by molar-refractivity contribution is -0.384. The minimum Gasteiger partial charge on any atom is -0.388 e. The van der Waals surface area contributed by atoms with E-state index in [4.69, 9.17) is 0 Å². The SMILES string of the molecule is CNc1cc(N(C)CC(=O)NC2CC2)cc([N+](=O)[O-])c1. The van der Waals surface area contributed by atoms with Gasteiger partial charge in [0.2, 0.25) is 5.91 Å². The third-order valence-corrected chi connectivity index (χ3v) is 3.17. The number of rotatable bonds is 6. The average Bonchev–Trinajstić information content (AvgIpc) is 3.21. The summed E-state index contributed by atoms with van der Waals surface area (Å²) in [5.41, 5.74) is 1.28. The lowest BCUT2D eigenvalue weighted by atomic mass is 10.2. The largest absolute Gasteiger partial charge is 0.388 e. The first-order valence-electron chi connectivity index (χ1n) is 6.47. The maximum atomic E-state index is 11.7. The minimum absolute atomic E-state index is 0.00120. The third-order valence-electron chi connectivity index (χ3n) is 3.17. The molecule has 0 atom stereocenters. The lowest BCUT2D eigenvalue weighted by Crippen LogP contribution is -2.36. The highest BCUT2D eigenvalue weighted by Crippen LogP contribution is 2.26. The van der Waals surface area contributed by atoms with E-state index in [1.807, 2.05) is 0 Å². The van der Waals surface area contributed by atoms with Crippen molar-refractivity contribution < 1.29 is 9.72 Å². The van der Waals surface area contributed by atoms with E-state index in [-0.39, 0.29) is 18.1 Å². The van der Waals surface area contributed by atoms with Gasteiger partial charge < -0.3 is 15.5 Å². The molecular weight excluding hydrogens is 260 g/mol. The number of anilines is 2. The van der Waals surface area contributed by atoms with Crippen molar-refractivity contribution in [2.45, 2.75) is 18.9 Å². The number of nitrogens with one attached hydrogen (secondary N) is 2. The second-order valence-corrected chi connectivity index (χ2v) is 4.94. The van der Waals surface area contributed by atoms with Crippen molar-refractivity contribution in [2.24, 2.45) is 0 Å². The van der Waals surface area contributed by atoms with E-state index in [1.165, 1.54) is 12.1 Å². The van der Waals surface area contributed by atoms with Gasteiger partial charge in [0, 0.05) is 43.6 Å². The highest BCUT2D eigenvalue weighted by atomic mass is 16.6. The van der Waals surface area contributed by atoms with E-state index >= 15 is 0 Å². The predicted molar refractivity (Wildman–Crippen MR) is 77.1 cm³/mol. The van der Waals surface area contributed by atoms with E-state index in [0.717, 1.165) is 12.8 Å². The van der Waals surface area contributed by atoms with Crippen LogP contribution in [-0.4, -0.2) is 37.5 Å². The molecule has 1 aromatic rings. The van der Waals surface area contributed by atoms with Gasteiger partial charge in [-0.25, -0.2) is 0 Å². The van der Waals surface area contributed by atoms with Gasteiger partial charge in [-0.1, -0.05) is 0 Å². The molecule has 0 unspecified atom stereocenters. The van der Waals surface area contributed by atoms with Crippen LogP contribution < -0.4 is 15.5 Å². The van der Waals surface area contributed by atoms with Gasteiger partial charge in [0.05, 0.1) is 11.5 Å². The number of carbonyl (C=O) groups is 1. The van der Waals surface area contributed by atoms with Crippen LogP contribution in [0.3, 0.4) is 0 Å². The van der Waals surface area contributed by atoms with Crippen LogP contribution in [0.2, 0.25) is 0 Å². The molecule has 0 bridgehead atoms. The number of nitro benzene ring substituents is 1. The first-order chi connectivity index (χ1) is 9.49. The number of nitro groups is 1. The van der Waals surface area contributed by atoms with Gasteiger partial charge in [0.1, 0.15) is 0 Å². The molecule has 7 nitrogen and oxygen atoms in total. The van der Waals surface area contributed by atoms with Gasteiger partial charge in [-0.05, 0) is 18.9 Å². The Bertz CT molecular complexity index is 528. The van der Waals surface area contributed by atoms with Crippen LogP contribution in [0, 0.1) is 10.1 Å². The highest BCUT2D eigenvalue weighted by molar-refractivity contribution is 5.82. The minimum atomic E-state index is -0.442. The van der Waals surface area contributed by atoms with Gasteiger partial charge >= 0.3 is 0 Å². The van der Waals surface area contributed by atoms with Gasteiger partial charge in [-0.2, -0.15) is 0 Å². The molecule has 1 saturated carbocycles. The Morgan fingerprint density at radius 3 is 2.70 bits per heavy atom. The number of hydrogen-bond acceptors (Lipinski definition) is 5. The molecule has 2 rings (SSSR count). The van der Waals surface area contributed by atoms with Crippen LogP contribution in [0.25, 0.3) is 0 Å². The number of benzene rings is 1. The first-order valence-corrected chi connectivity index (χ1v) is 6.47. The number of likely N-dealkylation sites (N-methyl/N-ethyl adjacent to an activating group) is 1. The van der Waals surface area contributed by atoms with Crippen molar-refractivity contribution in [3.05, 3.63) is 28.3 Å². The summed E-state index contributed by atoms with van der Waals surface area (Å²) in [6, 6.07) is 5.01. The Morgan fingerprint density at radius 1 is 1.45 bits per heavy atom. The zero-order valence-electron chi connectivity index (χ0n) is 11.5. The van der Waals surface area contributed by atoms with E-state index in [2.05, 4.69) is 10.6 Å². The lowest BCUT2D eigenvalue weighted by Gasteiger charge is -2.19. The molecule has 1 aliphatic rings. The Morgan fingerprint density at radius 2 is 2.15 bits per heavy atom. The summed E-state index contributed by atoms with van der Waals surface area (Å²) in [5.74, 6) is -0.0625. The van der Waals surface area contributed by atoms with E-state index in [1.54, 1.807) is 25.1 Å². The van der Waals surface area contributed by atoms with Gasteiger partial charge in [0.25, 0.3) is 5.69 Å². The molecule has 1 aromatic carbocycles. The number of carbonyl (C=O) groups excluding carboxylic acids is 1. The topological polar surface area (TPSA) is 87.5 Å². The molecule has 1 aliphatic carbocycles. The number of nitrogens with zero attached hydrogens (tertiary/aromatic N) is 2. The Balaban J connectivity index is 2.10. The summed E-state index contributed by atoms with van der Waals surface area (Å²) in [7, 11) is 3.44. The maximum Gasteiger partial charge on any atom is 0.273 e. The fourth-order valence-corrected chi connectivity index (χ4v) is 1.87. The number of hydrogen-bond donors (Lipinski definition) is 2. The van der Waals surface area contributed by atoms with E-state index in [0.29, 0.717) is 17.4 Å². The molecular formula is C13H18N4O3. The molecule has 0 aliphatic heterocycles. The Hall–Kier alpha value is -2.31. The molecule has 1 amide bonds. The monoisotopic (exact) mass is 278 g/mol. The van der Waals surface area contributed by atoms with Crippen molar-refractivity contribution in [2.75, 3.05) is 30.9 Å². The van der Waals surface area contributed by atoms with Crippen molar-refractivity contribution in [3.63, 3.8) is 0 Å². The molecule has 20 heavy (non-hydrogen) atoms. The van der Waals surface area contributed by atoms with Crippen LogP contribution in [0.15, 0.2) is 18.2 Å². The maximum absolute atomic E-state index is 11.7. The van der Waals surface area contributed by atoms with E-state index in [9.17, 15) is 14.9 Å². The number of amides is 1. The smallest absolute Gasteiger partial charge is 0.273 e. The molecule has 1 fully saturated rings. The van der Waals surface area contributed by atoms with Crippen LogP contribution in [0.4, 0.5) is 17.1 Å². The molecule has 0 aromatic heterocycles. The normalized spacial score (nSPS) is 13.7. The molecule has 108 valence electrons. The quantitative estimate of drug-likeness (QED) is 0.606. The summed E-state index contributed by atoms with van der Waals surface area (Å²) >= 11 is 0. The molecule has 0 heterocycles. The summed E-state index contributed by atoms with van der Waals surface area (Å²) in [4.78, 5) is 23.9. The van der Waals surface area contributed by atoms with Gasteiger partial charge in [-0.3, -0.25) is 14.9 Å². The average molecular weight is 278 g/mol. The van der Waals surface area contributed by atoms with Crippen molar-refractivity contribution in [3.8, 4) is 0 Å². The summed E-state index contributed by atoms with van der Waals surface area (Å²) in [6.45, 7) is 0.181. The second-order valence-electron chi connectivity index (χ2n) is 4.94. The van der Waals surface area contributed by atoms with Gasteiger partial charge in [-0.15, -0.1) is 0 Å². The van der Waals surface area contributed by atoms with Crippen LogP contribution in [-0.2, 0) is 4.79 Å². The highest BCUT2D eigenvalue weighted by Gasteiger charge is 2.23. The van der Waals surface area contributed by atoms with Crippen molar-refractivity contribution in [1.82, 2.24) is 5.32 Å². The third kappa shape index (κ3) is 3.59. The van der Waals surface area contributed by atoms with Crippen LogP contribution in [0.1, 0.15) is 12.8 Å². The molecule has 2 N–H and O–H groups in total.